The molecule has 0 saturated carbocycles. The van der Waals surface area contributed by atoms with E-state index in [4.69, 9.17) is 9.47 Å². The van der Waals surface area contributed by atoms with Crippen molar-refractivity contribution < 1.29 is 14.3 Å². The van der Waals surface area contributed by atoms with Gasteiger partial charge in [-0.25, -0.2) is 0 Å². The number of benzene rings is 2. The Bertz CT molecular complexity index is 923. The van der Waals surface area contributed by atoms with Crippen LogP contribution in [0.5, 0.6) is 11.5 Å². The zero-order chi connectivity index (χ0) is 20.5. The van der Waals surface area contributed by atoms with Gasteiger partial charge in [0.2, 0.25) is 0 Å². The van der Waals surface area contributed by atoms with E-state index in [9.17, 15) is 4.79 Å². The molecule has 0 radical (unpaired) electrons. The summed E-state index contributed by atoms with van der Waals surface area (Å²) in [6.07, 6.45) is 4.59. The molecule has 6 heteroatoms. The molecule has 0 atom stereocenters. The number of carbonyl (C=O) groups is 1. The predicted molar refractivity (Wildman–Crippen MR) is 112 cm³/mol. The molecule has 0 unspecified atom stereocenters. The van der Waals surface area contributed by atoms with Crippen molar-refractivity contribution in [3.8, 4) is 11.5 Å². The Labute approximate surface area is 171 Å². The van der Waals surface area contributed by atoms with Crippen molar-refractivity contribution in [1.29, 1.82) is 0 Å². The first-order valence-corrected chi connectivity index (χ1v) is 9.93. The molecule has 1 amide bonds. The van der Waals surface area contributed by atoms with Crippen molar-refractivity contribution in [3.05, 3.63) is 77.6 Å². The predicted octanol–water partition coefficient (Wildman–Crippen LogP) is 4.05. The van der Waals surface area contributed by atoms with Crippen LogP contribution in [0, 0.1) is 0 Å². The summed E-state index contributed by atoms with van der Waals surface area (Å²) in [5.41, 5.74) is 2.72. The maximum absolute atomic E-state index is 12.7. The summed E-state index contributed by atoms with van der Waals surface area (Å²) < 4.78 is 13.2. The third-order valence-corrected chi connectivity index (χ3v) is 4.42. The number of nitrogens with one attached hydrogen (secondary N) is 1. The van der Waals surface area contributed by atoms with Crippen LogP contribution in [0.15, 0.2) is 60.9 Å². The lowest BCUT2D eigenvalue weighted by Gasteiger charge is -2.14. The van der Waals surface area contributed by atoms with E-state index >= 15 is 0 Å². The standard InChI is InChI=1S/C23H27N3O3/c1-3-14-29-21-11-10-18(15-22(21)28-4-2)23(27)24-16-19-8-5-6-9-20(19)17-26-13-7-12-25-26/h5-13,15H,3-4,14,16-17H2,1-2H3,(H,24,27). The first-order valence-electron chi connectivity index (χ1n) is 9.93. The van der Waals surface area contributed by atoms with Crippen LogP contribution in [0.1, 0.15) is 41.8 Å². The smallest absolute Gasteiger partial charge is 0.251 e. The van der Waals surface area contributed by atoms with Crippen molar-refractivity contribution in [1.82, 2.24) is 15.1 Å². The molecule has 0 fully saturated rings. The molecule has 0 aliphatic heterocycles. The fraction of sp³-hybridized carbons (Fsp3) is 0.304. The highest BCUT2D eigenvalue weighted by Crippen LogP contribution is 2.28. The zero-order valence-corrected chi connectivity index (χ0v) is 16.9. The molecule has 1 N–H and O–H groups in total. The van der Waals surface area contributed by atoms with Gasteiger partial charge in [-0.1, -0.05) is 31.2 Å². The van der Waals surface area contributed by atoms with Crippen LogP contribution in [0.4, 0.5) is 0 Å². The van der Waals surface area contributed by atoms with Gasteiger partial charge in [0.15, 0.2) is 11.5 Å². The lowest BCUT2D eigenvalue weighted by molar-refractivity contribution is 0.0950. The van der Waals surface area contributed by atoms with E-state index in [1.807, 2.05) is 49.0 Å². The van der Waals surface area contributed by atoms with Gasteiger partial charge in [-0.2, -0.15) is 5.10 Å². The van der Waals surface area contributed by atoms with Gasteiger partial charge in [0.25, 0.3) is 5.91 Å². The van der Waals surface area contributed by atoms with Crippen LogP contribution in [0.3, 0.4) is 0 Å². The largest absolute Gasteiger partial charge is 0.490 e. The third-order valence-electron chi connectivity index (χ3n) is 4.42. The number of nitrogens with zero attached hydrogens (tertiary/aromatic N) is 2. The summed E-state index contributed by atoms with van der Waals surface area (Å²) in [5, 5.41) is 7.26. The Hall–Kier alpha value is -3.28. The minimum Gasteiger partial charge on any atom is -0.490 e. The summed E-state index contributed by atoms with van der Waals surface area (Å²) >= 11 is 0. The van der Waals surface area contributed by atoms with Gasteiger partial charge in [-0.15, -0.1) is 0 Å². The van der Waals surface area contributed by atoms with E-state index in [1.165, 1.54) is 0 Å². The second-order valence-corrected chi connectivity index (χ2v) is 6.60. The van der Waals surface area contributed by atoms with E-state index < -0.39 is 0 Å². The van der Waals surface area contributed by atoms with E-state index in [0.29, 0.717) is 43.4 Å². The maximum atomic E-state index is 12.7. The number of hydrogen-bond acceptors (Lipinski definition) is 4. The van der Waals surface area contributed by atoms with Gasteiger partial charge in [0.1, 0.15) is 0 Å². The van der Waals surface area contributed by atoms with Gasteiger partial charge in [0.05, 0.1) is 19.8 Å². The van der Waals surface area contributed by atoms with E-state index in [2.05, 4.69) is 16.5 Å². The highest BCUT2D eigenvalue weighted by molar-refractivity contribution is 5.94. The lowest BCUT2D eigenvalue weighted by atomic mass is 10.1. The van der Waals surface area contributed by atoms with Crippen molar-refractivity contribution >= 4 is 5.91 Å². The first-order chi connectivity index (χ1) is 14.2. The van der Waals surface area contributed by atoms with Crippen LogP contribution >= 0.6 is 0 Å². The second kappa shape index (κ2) is 10.3. The first kappa shape index (κ1) is 20.5. The molecule has 0 saturated heterocycles. The average Bonchev–Trinajstić information content (AvgIpc) is 3.25. The minimum atomic E-state index is -0.151. The van der Waals surface area contributed by atoms with Crippen LogP contribution < -0.4 is 14.8 Å². The molecule has 152 valence electrons. The van der Waals surface area contributed by atoms with Crippen molar-refractivity contribution in [3.63, 3.8) is 0 Å². The highest BCUT2D eigenvalue weighted by Gasteiger charge is 2.12. The summed E-state index contributed by atoms with van der Waals surface area (Å²) in [7, 11) is 0. The molecule has 1 aromatic heterocycles. The third kappa shape index (κ3) is 5.60. The molecule has 0 aliphatic rings. The monoisotopic (exact) mass is 393 g/mol. The van der Waals surface area contributed by atoms with Crippen LogP contribution in [0.2, 0.25) is 0 Å². The van der Waals surface area contributed by atoms with Gasteiger partial charge >= 0.3 is 0 Å². The Morgan fingerprint density at radius 2 is 1.86 bits per heavy atom. The van der Waals surface area contributed by atoms with E-state index in [1.54, 1.807) is 24.4 Å². The topological polar surface area (TPSA) is 65.4 Å². The Balaban J connectivity index is 1.68. The normalized spacial score (nSPS) is 10.6. The Morgan fingerprint density at radius 1 is 1.03 bits per heavy atom. The van der Waals surface area contributed by atoms with Crippen molar-refractivity contribution in [2.75, 3.05) is 13.2 Å². The molecule has 29 heavy (non-hydrogen) atoms. The number of hydrogen-bond donors (Lipinski definition) is 1. The molecule has 6 nitrogen and oxygen atoms in total. The lowest BCUT2D eigenvalue weighted by Crippen LogP contribution is -2.23. The maximum Gasteiger partial charge on any atom is 0.251 e. The van der Waals surface area contributed by atoms with Gasteiger partial charge in [-0.3, -0.25) is 9.48 Å². The van der Waals surface area contributed by atoms with Crippen LogP contribution in [-0.4, -0.2) is 28.9 Å². The van der Waals surface area contributed by atoms with E-state index in [-0.39, 0.29) is 5.91 Å². The molecule has 0 spiro atoms. The molecular formula is C23H27N3O3. The fourth-order valence-electron chi connectivity index (χ4n) is 2.98. The summed E-state index contributed by atoms with van der Waals surface area (Å²) in [6, 6.07) is 15.2. The van der Waals surface area contributed by atoms with Crippen molar-refractivity contribution in [2.45, 2.75) is 33.4 Å². The number of carbonyl (C=O) groups excluding carboxylic acids is 1. The minimum absolute atomic E-state index is 0.151. The summed E-state index contributed by atoms with van der Waals surface area (Å²) in [5.74, 6) is 1.10. The molecule has 0 bridgehead atoms. The quantitative estimate of drug-likeness (QED) is 0.564. The van der Waals surface area contributed by atoms with E-state index in [0.717, 1.165) is 17.5 Å². The SMILES string of the molecule is CCCOc1ccc(C(=O)NCc2ccccc2Cn2cccn2)cc1OCC. The number of rotatable bonds is 10. The highest BCUT2D eigenvalue weighted by atomic mass is 16.5. The summed E-state index contributed by atoms with van der Waals surface area (Å²) in [6.45, 7) is 6.18. The number of ether oxygens (including phenoxy) is 2. The van der Waals surface area contributed by atoms with Crippen molar-refractivity contribution in [2.24, 2.45) is 0 Å². The average molecular weight is 393 g/mol. The molecule has 1 heterocycles. The molecule has 0 aliphatic carbocycles. The van der Waals surface area contributed by atoms with Gasteiger partial charge in [0, 0.05) is 24.5 Å². The zero-order valence-electron chi connectivity index (χ0n) is 16.9. The Kier molecular flexibility index (Phi) is 7.28. The summed E-state index contributed by atoms with van der Waals surface area (Å²) in [4.78, 5) is 12.7. The molecule has 3 aromatic rings. The van der Waals surface area contributed by atoms with Gasteiger partial charge in [-0.05, 0) is 48.7 Å². The number of aromatic nitrogens is 2. The fourth-order valence-corrected chi connectivity index (χ4v) is 2.98. The molecule has 3 rings (SSSR count). The van der Waals surface area contributed by atoms with Gasteiger partial charge < -0.3 is 14.8 Å². The number of amides is 1. The molecule has 2 aromatic carbocycles. The Morgan fingerprint density at radius 3 is 2.59 bits per heavy atom. The van der Waals surface area contributed by atoms with Crippen LogP contribution in [-0.2, 0) is 13.1 Å². The second-order valence-electron chi connectivity index (χ2n) is 6.60. The molecular weight excluding hydrogens is 366 g/mol. The van der Waals surface area contributed by atoms with Crippen LogP contribution in [0.25, 0.3) is 0 Å².